The van der Waals surface area contributed by atoms with Crippen LogP contribution in [0.4, 0.5) is 0 Å². The first-order valence-electron chi connectivity index (χ1n) is 2.45. The Labute approximate surface area is 78.5 Å². The quantitative estimate of drug-likeness (QED) is 0.405. The Hall–Kier alpha value is -0.547. The molecule has 1 heteroatoms. The third kappa shape index (κ3) is 1040. The molecule has 0 nitrogen and oxygen atoms in total. The van der Waals surface area contributed by atoms with Gasteiger partial charge < -0.3 is 0 Å². The average Bonchev–Trinajstić information content (AvgIpc) is 1.70. The predicted octanol–water partition coefficient (Wildman–Crippen LogP) is 3.02. The summed E-state index contributed by atoms with van der Waals surface area (Å²) in [4.78, 5) is 0. The molecule has 0 rings (SSSR count). The molecule has 0 heterocycles. The standard InChI is InChI=1S/3C3H5.Zn/c3*1-3-2;/h3*3H,1-2H2;/q3*-1;. The van der Waals surface area contributed by atoms with Crippen molar-refractivity contribution in [2.75, 3.05) is 0 Å². The van der Waals surface area contributed by atoms with E-state index in [0.717, 1.165) is 0 Å². The van der Waals surface area contributed by atoms with Gasteiger partial charge in [0.15, 0.2) is 0 Å². The fourth-order valence-corrected chi connectivity index (χ4v) is 0. The van der Waals surface area contributed by atoms with E-state index >= 15 is 0 Å². The molecule has 0 fully saturated rings. The molecule has 0 aliphatic carbocycles. The molecule has 0 bridgehead atoms. The number of hydrogen-bond donors (Lipinski definition) is 0. The fourth-order valence-electron chi connectivity index (χ4n) is 0. The van der Waals surface area contributed by atoms with Crippen molar-refractivity contribution in [2.24, 2.45) is 0 Å². The van der Waals surface area contributed by atoms with Crippen LogP contribution >= 0.6 is 0 Å². The second-order valence-electron chi connectivity index (χ2n) is 0.866. The van der Waals surface area contributed by atoms with Crippen LogP contribution in [-0.4, -0.2) is 0 Å². The van der Waals surface area contributed by atoms with Gasteiger partial charge in [-0.25, -0.2) is 58.7 Å². The van der Waals surface area contributed by atoms with Crippen LogP contribution in [0.1, 0.15) is 0 Å². The Morgan fingerprint density at radius 2 is 0.700 bits per heavy atom. The van der Waals surface area contributed by atoms with E-state index in [1.807, 2.05) is 0 Å². The molecule has 0 saturated heterocycles. The first-order valence-corrected chi connectivity index (χ1v) is 2.45. The number of hydrogen-bond acceptors (Lipinski definition) is 0. The Kier molecular flexibility index (Phi) is 177. The van der Waals surface area contributed by atoms with Crippen LogP contribution < -0.4 is 0 Å². The van der Waals surface area contributed by atoms with Crippen molar-refractivity contribution in [3.63, 3.8) is 0 Å². The summed E-state index contributed by atoms with van der Waals surface area (Å²) < 4.78 is 0. The van der Waals surface area contributed by atoms with Crippen LogP contribution in [0.2, 0.25) is 0 Å². The van der Waals surface area contributed by atoms with E-state index < -0.39 is 0 Å². The largest absolute Gasteiger partial charge is 0.245 e. The molecule has 56 valence electrons. The normalized spacial score (nSPS) is 3.60. The van der Waals surface area contributed by atoms with Crippen LogP contribution in [0, 0.1) is 20.8 Å². The molecule has 0 amide bonds. The summed E-state index contributed by atoms with van der Waals surface area (Å²) in [5, 5.41) is 0. The van der Waals surface area contributed by atoms with Gasteiger partial charge in [-0.05, 0) is 0 Å². The molecular weight excluding hydrogens is 173 g/mol. The monoisotopic (exact) mass is 187 g/mol. The van der Waals surface area contributed by atoms with Crippen molar-refractivity contribution in [3.05, 3.63) is 58.7 Å². The molecule has 0 saturated carbocycles. The minimum absolute atomic E-state index is 0. The molecule has 0 aromatic heterocycles. The van der Waals surface area contributed by atoms with Gasteiger partial charge >= 0.3 is 0 Å². The van der Waals surface area contributed by atoms with Crippen LogP contribution in [-0.2, 0) is 19.5 Å². The van der Waals surface area contributed by atoms with Gasteiger partial charge in [0, 0.05) is 19.5 Å². The SMILES string of the molecule is C=C[CH2-].C=C[CH2-].C=C[CH2-].[Zn]. The van der Waals surface area contributed by atoms with E-state index in [9.17, 15) is 0 Å². The van der Waals surface area contributed by atoms with Gasteiger partial charge in [0.05, 0.1) is 0 Å². The molecule has 10 heavy (non-hydrogen) atoms. The van der Waals surface area contributed by atoms with Gasteiger partial charge in [-0.1, -0.05) is 0 Å². The average molecular weight is 189 g/mol. The van der Waals surface area contributed by atoms with Crippen molar-refractivity contribution in [1.29, 1.82) is 0 Å². The maximum absolute atomic E-state index is 3.25. The van der Waals surface area contributed by atoms with Crippen LogP contribution in [0.5, 0.6) is 0 Å². The molecule has 0 radical (unpaired) electrons. The molecule has 0 atom stereocenters. The van der Waals surface area contributed by atoms with Crippen LogP contribution in [0.25, 0.3) is 0 Å². The summed E-state index contributed by atoms with van der Waals surface area (Å²) in [6, 6.07) is 0. The van der Waals surface area contributed by atoms with Gasteiger partial charge in [-0.3, -0.25) is 0 Å². The zero-order valence-electron chi connectivity index (χ0n) is 6.68. The third-order valence-corrected chi connectivity index (χ3v) is 0. The Morgan fingerprint density at radius 1 is 0.700 bits per heavy atom. The van der Waals surface area contributed by atoms with E-state index in [1.165, 1.54) is 18.2 Å². The Morgan fingerprint density at radius 3 is 0.700 bits per heavy atom. The Balaban J connectivity index is -0.0000000257. The summed E-state index contributed by atoms with van der Waals surface area (Å²) in [6.07, 6.45) is 4.50. The predicted molar refractivity (Wildman–Crippen MR) is 46.7 cm³/mol. The number of rotatable bonds is 0. The van der Waals surface area contributed by atoms with Crippen molar-refractivity contribution >= 4 is 0 Å². The minimum Gasteiger partial charge on any atom is -0.245 e. The van der Waals surface area contributed by atoms with E-state index in [2.05, 4.69) is 40.5 Å². The summed E-state index contributed by atoms with van der Waals surface area (Å²) in [6.45, 7) is 19.5. The van der Waals surface area contributed by atoms with Crippen molar-refractivity contribution in [3.8, 4) is 0 Å². The number of allylic oxidation sites excluding steroid dienone is 3. The zero-order chi connectivity index (χ0) is 8.12. The zero-order valence-corrected chi connectivity index (χ0v) is 9.65. The molecule has 0 spiro atoms. The molecule has 0 aliphatic heterocycles. The summed E-state index contributed by atoms with van der Waals surface area (Å²) in [5.41, 5.74) is 0. The van der Waals surface area contributed by atoms with Crippen molar-refractivity contribution in [2.45, 2.75) is 0 Å². The topological polar surface area (TPSA) is 0 Å². The molecule has 0 aliphatic rings. The molecule has 0 aromatic carbocycles. The Bertz CT molecular complexity index is 41.5. The third-order valence-electron chi connectivity index (χ3n) is 0. The maximum atomic E-state index is 3.25. The minimum atomic E-state index is 0. The van der Waals surface area contributed by atoms with Gasteiger partial charge in [0.1, 0.15) is 0 Å². The van der Waals surface area contributed by atoms with Crippen LogP contribution in [0.3, 0.4) is 0 Å². The fraction of sp³-hybridized carbons (Fsp3) is 0. The first-order chi connectivity index (χ1) is 4.24. The van der Waals surface area contributed by atoms with Gasteiger partial charge in [0.2, 0.25) is 0 Å². The smallest absolute Gasteiger partial charge is 0 e. The first kappa shape index (κ1) is 22.7. The second-order valence-corrected chi connectivity index (χ2v) is 0.866. The van der Waals surface area contributed by atoms with Gasteiger partial charge in [-0.2, -0.15) is 0 Å². The van der Waals surface area contributed by atoms with Gasteiger partial charge in [0.25, 0.3) is 0 Å². The van der Waals surface area contributed by atoms with E-state index in [-0.39, 0.29) is 19.5 Å². The summed E-state index contributed by atoms with van der Waals surface area (Å²) in [7, 11) is 0. The second kappa shape index (κ2) is 78.0. The summed E-state index contributed by atoms with van der Waals surface area (Å²) >= 11 is 0. The molecule has 0 aromatic rings. The van der Waals surface area contributed by atoms with Crippen molar-refractivity contribution < 1.29 is 19.5 Å². The van der Waals surface area contributed by atoms with Crippen LogP contribution in [0.15, 0.2) is 38.0 Å². The summed E-state index contributed by atoms with van der Waals surface area (Å²) in [5.74, 6) is 0. The molecular formula is C9H15Zn-3. The maximum Gasteiger partial charge on any atom is 0 e. The van der Waals surface area contributed by atoms with E-state index in [0.29, 0.717) is 0 Å². The van der Waals surface area contributed by atoms with Crippen molar-refractivity contribution in [1.82, 2.24) is 0 Å². The molecule has 0 N–H and O–H groups in total. The molecule has 0 unspecified atom stereocenters. The van der Waals surface area contributed by atoms with E-state index in [1.54, 1.807) is 0 Å². The van der Waals surface area contributed by atoms with Gasteiger partial charge in [-0.15, -0.1) is 0 Å². The van der Waals surface area contributed by atoms with E-state index in [4.69, 9.17) is 0 Å².